The van der Waals surface area contributed by atoms with Gasteiger partial charge in [-0.25, -0.2) is 4.98 Å². The van der Waals surface area contributed by atoms with Gasteiger partial charge in [0.1, 0.15) is 16.1 Å². The Hall–Kier alpha value is -0.780. The zero-order valence-corrected chi connectivity index (χ0v) is 11.1. The lowest BCUT2D eigenvalue weighted by atomic mass is 9.93. The minimum Gasteiger partial charge on any atom is -0.381 e. The van der Waals surface area contributed by atoms with Crippen molar-refractivity contribution in [3.8, 4) is 0 Å². The van der Waals surface area contributed by atoms with Gasteiger partial charge >= 0.3 is 0 Å². The predicted molar refractivity (Wildman–Crippen MR) is 67.5 cm³/mol. The van der Waals surface area contributed by atoms with Gasteiger partial charge in [-0.1, -0.05) is 12.2 Å². The highest BCUT2D eigenvalue weighted by Gasteiger charge is 2.37. The van der Waals surface area contributed by atoms with Gasteiger partial charge < -0.3 is 14.5 Å². The molecule has 2 rings (SSSR count). The van der Waals surface area contributed by atoms with E-state index in [0.29, 0.717) is 24.5 Å². The quantitative estimate of drug-likeness (QED) is 0.842. The Morgan fingerprint density at radius 3 is 2.82 bits per heavy atom. The average molecular weight is 254 g/mol. The van der Waals surface area contributed by atoms with Crippen LogP contribution in [0.25, 0.3) is 0 Å². The molecule has 0 amide bonds. The standard InChI is InChI=1S/C12H18N2O2S/c1-3-16-12(4-6-15-7-5-12)11-13-9(2)8-10(17)14-11/h8H,3-7H2,1-2H3,(H,13,14,17). The average Bonchev–Trinajstić information content (AvgIpc) is 2.29. The van der Waals surface area contributed by atoms with Crippen LogP contribution in [-0.2, 0) is 15.1 Å². The highest BCUT2D eigenvalue weighted by Crippen LogP contribution is 2.33. The van der Waals surface area contributed by atoms with Crippen LogP contribution in [0.5, 0.6) is 0 Å². The first kappa shape index (κ1) is 12.7. The van der Waals surface area contributed by atoms with Crippen LogP contribution in [0.1, 0.15) is 31.3 Å². The Bertz CT molecular complexity index is 433. The van der Waals surface area contributed by atoms with Crippen molar-refractivity contribution in [3.63, 3.8) is 0 Å². The molecule has 0 bridgehead atoms. The minimum atomic E-state index is -0.355. The third-order valence-corrected chi connectivity index (χ3v) is 3.24. The number of aryl methyl sites for hydroxylation is 1. The van der Waals surface area contributed by atoms with E-state index in [9.17, 15) is 0 Å². The van der Waals surface area contributed by atoms with Crippen LogP contribution >= 0.6 is 12.2 Å². The van der Waals surface area contributed by atoms with Crippen LogP contribution in [0, 0.1) is 11.6 Å². The molecule has 1 aliphatic rings. The third-order valence-electron chi connectivity index (χ3n) is 3.03. The van der Waals surface area contributed by atoms with E-state index in [1.807, 2.05) is 19.9 Å². The zero-order valence-electron chi connectivity index (χ0n) is 10.3. The number of hydrogen-bond acceptors (Lipinski definition) is 4. The molecule has 1 aliphatic heterocycles. The Labute approximate surface area is 106 Å². The molecule has 94 valence electrons. The van der Waals surface area contributed by atoms with Crippen molar-refractivity contribution < 1.29 is 9.47 Å². The molecule has 2 heterocycles. The molecule has 1 aromatic rings. The first-order chi connectivity index (χ1) is 8.16. The summed E-state index contributed by atoms with van der Waals surface area (Å²) in [5.41, 5.74) is 0.664. The first-order valence-corrected chi connectivity index (χ1v) is 6.37. The number of hydrogen-bond donors (Lipinski definition) is 1. The van der Waals surface area contributed by atoms with E-state index in [0.717, 1.165) is 24.4 Å². The molecule has 4 nitrogen and oxygen atoms in total. The Kier molecular flexibility index (Phi) is 3.91. The molecule has 0 spiro atoms. The van der Waals surface area contributed by atoms with Gasteiger partial charge in [-0.05, 0) is 19.9 Å². The molecule has 5 heteroatoms. The summed E-state index contributed by atoms with van der Waals surface area (Å²) in [5.74, 6) is 0.840. The van der Waals surface area contributed by atoms with E-state index in [1.165, 1.54) is 0 Å². The normalized spacial score (nSPS) is 19.2. The van der Waals surface area contributed by atoms with Crippen molar-refractivity contribution in [3.05, 3.63) is 22.2 Å². The third kappa shape index (κ3) is 2.73. The monoisotopic (exact) mass is 254 g/mol. The highest BCUT2D eigenvalue weighted by atomic mass is 32.1. The van der Waals surface area contributed by atoms with E-state index in [4.69, 9.17) is 21.7 Å². The van der Waals surface area contributed by atoms with E-state index >= 15 is 0 Å². The van der Waals surface area contributed by atoms with Crippen molar-refractivity contribution in [2.75, 3.05) is 19.8 Å². The van der Waals surface area contributed by atoms with Gasteiger partial charge in [0, 0.05) is 38.4 Å². The topological polar surface area (TPSA) is 47.1 Å². The Balaban J connectivity index is 2.40. The summed E-state index contributed by atoms with van der Waals surface area (Å²) in [5, 5.41) is 0. The second kappa shape index (κ2) is 5.25. The Morgan fingerprint density at radius 1 is 1.53 bits per heavy atom. The number of nitrogens with one attached hydrogen (secondary N) is 1. The molecule has 1 saturated heterocycles. The molecule has 17 heavy (non-hydrogen) atoms. The van der Waals surface area contributed by atoms with Gasteiger partial charge in [0.05, 0.1) is 0 Å². The molecule has 0 unspecified atom stereocenters. The number of H-pyrrole nitrogens is 1. The molecule has 0 atom stereocenters. The van der Waals surface area contributed by atoms with Gasteiger partial charge in [0.25, 0.3) is 0 Å². The number of rotatable bonds is 3. The summed E-state index contributed by atoms with van der Waals surface area (Å²) >= 11 is 5.17. The molecule has 0 saturated carbocycles. The molecule has 0 radical (unpaired) electrons. The number of ether oxygens (including phenoxy) is 2. The summed E-state index contributed by atoms with van der Waals surface area (Å²) in [6.45, 7) is 6.06. The molecule has 1 fully saturated rings. The van der Waals surface area contributed by atoms with Crippen molar-refractivity contribution in [2.24, 2.45) is 0 Å². The number of aromatic nitrogens is 2. The molecule has 1 N–H and O–H groups in total. The maximum absolute atomic E-state index is 5.95. The van der Waals surface area contributed by atoms with Crippen molar-refractivity contribution in [1.82, 2.24) is 9.97 Å². The summed E-state index contributed by atoms with van der Waals surface area (Å²) in [4.78, 5) is 7.71. The van der Waals surface area contributed by atoms with Gasteiger partial charge in [-0.15, -0.1) is 0 Å². The highest BCUT2D eigenvalue weighted by molar-refractivity contribution is 7.71. The van der Waals surface area contributed by atoms with Crippen molar-refractivity contribution in [1.29, 1.82) is 0 Å². The van der Waals surface area contributed by atoms with Gasteiger partial charge in [0.15, 0.2) is 0 Å². The smallest absolute Gasteiger partial charge is 0.140 e. The molecule has 0 aliphatic carbocycles. The summed E-state index contributed by atoms with van der Waals surface area (Å²) < 4.78 is 12.0. The fourth-order valence-corrected chi connectivity index (χ4v) is 2.49. The van der Waals surface area contributed by atoms with Gasteiger partial charge in [-0.3, -0.25) is 0 Å². The number of nitrogens with zero attached hydrogens (tertiary/aromatic N) is 1. The van der Waals surface area contributed by atoms with E-state index in [-0.39, 0.29) is 5.60 Å². The van der Waals surface area contributed by atoms with Crippen molar-refractivity contribution in [2.45, 2.75) is 32.3 Å². The van der Waals surface area contributed by atoms with E-state index in [1.54, 1.807) is 0 Å². The second-order valence-corrected chi connectivity index (χ2v) is 4.71. The van der Waals surface area contributed by atoms with Crippen LogP contribution in [0.15, 0.2) is 6.07 Å². The maximum atomic E-state index is 5.95. The fraction of sp³-hybridized carbons (Fsp3) is 0.667. The van der Waals surface area contributed by atoms with Gasteiger partial charge in [0.2, 0.25) is 0 Å². The summed E-state index contributed by atoms with van der Waals surface area (Å²) in [7, 11) is 0. The predicted octanol–water partition coefficient (Wildman–Crippen LogP) is 2.49. The van der Waals surface area contributed by atoms with E-state index < -0.39 is 0 Å². The van der Waals surface area contributed by atoms with Crippen molar-refractivity contribution >= 4 is 12.2 Å². The largest absolute Gasteiger partial charge is 0.381 e. The summed E-state index contributed by atoms with van der Waals surface area (Å²) in [6.07, 6.45) is 1.64. The lowest BCUT2D eigenvalue weighted by Gasteiger charge is -2.35. The zero-order chi connectivity index (χ0) is 12.3. The van der Waals surface area contributed by atoms with Crippen LogP contribution in [0.3, 0.4) is 0 Å². The lowest BCUT2D eigenvalue weighted by molar-refractivity contribution is -0.118. The number of aromatic amines is 1. The van der Waals surface area contributed by atoms with Gasteiger partial charge in [-0.2, -0.15) is 0 Å². The second-order valence-electron chi connectivity index (χ2n) is 4.29. The van der Waals surface area contributed by atoms with Crippen LogP contribution in [0.2, 0.25) is 0 Å². The maximum Gasteiger partial charge on any atom is 0.140 e. The molecule has 0 aromatic carbocycles. The fourth-order valence-electron chi connectivity index (χ4n) is 2.22. The van der Waals surface area contributed by atoms with Crippen LogP contribution < -0.4 is 0 Å². The van der Waals surface area contributed by atoms with Crippen LogP contribution in [-0.4, -0.2) is 29.8 Å². The molecular weight excluding hydrogens is 236 g/mol. The SMILES string of the molecule is CCOC1(c2nc(=S)cc(C)[nH]2)CCOCC1. The Morgan fingerprint density at radius 2 is 2.24 bits per heavy atom. The lowest BCUT2D eigenvalue weighted by Crippen LogP contribution is -2.38. The first-order valence-electron chi connectivity index (χ1n) is 5.96. The minimum absolute atomic E-state index is 0.355. The molecular formula is C12H18N2O2S. The molecule has 1 aromatic heterocycles. The van der Waals surface area contributed by atoms with Crippen LogP contribution in [0.4, 0.5) is 0 Å². The van der Waals surface area contributed by atoms with E-state index in [2.05, 4.69) is 9.97 Å². The summed E-state index contributed by atoms with van der Waals surface area (Å²) in [6, 6.07) is 1.86.